The van der Waals surface area contributed by atoms with Crippen LogP contribution in [0.15, 0.2) is 10.4 Å². The minimum absolute atomic E-state index is 0.0122. The monoisotopic (exact) mass is 387 g/mol. The summed E-state index contributed by atoms with van der Waals surface area (Å²) < 4.78 is 26.8. The van der Waals surface area contributed by atoms with E-state index in [1.807, 2.05) is 31.2 Å². The summed E-state index contributed by atoms with van der Waals surface area (Å²) in [6, 6.07) is 0. The van der Waals surface area contributed by atoms with Crippen LogP contribution in [-0.4, -0.2) is 56.7 Å². The lowest BCUT2D eigenvalue weighted by molar-refractivity contribution is 0.316. The summed E-state index contributed by atoms with van der Waals surface area (Å²) >= 11 is 1.62. The highest BCUT2D eigenvalue weighted by Crippen LogP contribution is 2.25. The Hall–Kier alpha value is -1.19. The first-order valence-corrected chi connectivity index (χ1v) is 11.3. The standard InChI is InChI=1S/C16H29N5O2S2/c1-4-17-16(21(3)11-15-12-24-13(2)20-15)18-8-9-25(22,23)19-10-14-6-5-7-14/h12,14,19H,4-11H2,1-3H3,(H,17,18). The quantitative estimate of drug-likeness (QED) is 0.496. The van der Waals surface area contributed by atoms with Crippen molar-refractivity contribution in [2.75, 3.05) is 32.4 Å². The second-order valence-electron chi connectivity index (χ2n) is 6.41. The number of sulfonamides is 1. The molecule has 7 nitrogen and oxygen atoms in total. The Morgan fingerprint density at radius 1 is 1.48 bits per heavy atom. The topological polar surface area (TPSA) is 86.7 Å². The first kappa shape index (κ1) is 20.1. The third-order valence-corrected chi connectivity index (χ3v) is 6.35. The van der Waals surface area contributed by atoms with E-state index in [1.165, 1.54) is 6.42 Å². The van der Waals surface area contributed by atoms with Crippen molar-refractivity contribution in [2.45, 2.75) is 39.7 Å². The van der Waals surface area contributed by atoms with Crippen LogP contribution in [0.4, 0.5) is 0 Å². The molecular formula is C16H29N5O2S2. The molecule has 0 radical (unpaired) electrons. The number of aliphatic imine (C=N–C) groups is 1. The summed E-state index contributed by atoms with van der Waals surface area (Å²) in [5.41, 5.74) is 0.991. The largest absolute Gasteiger partial charge is 0.357 e. The van der Waals surface area contributed by atoms with Gasteiger partial charge in [-0.2, -0.15) is 0 Å². The molecule has 142 valence electrons. The predicted octanol–water partition coefficient (Wildman–Crippen LogP) is 1.57. The van der Waals surface area contributed by atoms with E-state index in [2.05, 4.69) is 20.0 Å². The van der Waals surface area contributed by atoms with E-state index in [4.69, 9.17) is 0 Å². The molecule has 0 saturated heterocycles. The van der Waals surface area contributed by atoms with Crippen LogP contribution in [0, 0.1) is 12.8 Å². The summed E-state index contributed by atoms with van der Waals surface area (Å²) in [7, 11) is -1.33. The third kappa shape index (κ3) is 6.91. The highest BCUT2D eigenvalue weighted by molar-refractivity contribution is 7.89. The normalized spacial score (nSPS) is 15.9. The van der Waals surface area contributed by atoms with Gasteiger partial charge < -0.3 is 10.2 Å². The lowest BCUT2D eigenvalue weighted by Crippen LogP contribution is -2.39. The molecule has 2 rings (SSSR count). The maximum atomic E-state index is 12.1. The molecule has 1 aromatic rings. The maximum absolute atomic E-state index is 12.1. The fourth-order valence-corrected chi connectivity index (χ4v) is 4.12. The van der Waals surface area contributed by atoms with Gasteiger partial charge >= 0.3 is 0 Å². The van der Waals surface area contributed by atoms with Gasteiger partial charge in [0.1, 0.15) is 0 Å². The van der Waals surface area contributed by atoms with Gasteiger partial charge in [0.25, 0.3) is 0 Å². The van der Waals surface area contributed by atoms with Gasteiger partial charge in [-0.1, -0.05) is 6.42 Å². The molecule has 0 amide bonds. The second kappa shape index (κ2) is 9.49. The van der Waals surface area contributed by atoms with E-state index >= 15 is 0 Å². The number of rotatable bonds is 9. The van der Waals surface area contributed by atoms with Gasteiger partial charge in [-0.3, -0.25) is 4.99 Å². The number of aryl methyl sites for hydroxylation is 1. The Morgan fingerprint density at radius 2 is 2.24 bits per heavy atom. The minimum Gasteiger partial charge on any atom is -0.357 e. The van der Waals surface area contributed by atoms with Gasteiger partial charge in [0.2, 0.25) is 10.0 Å². The molecule has 0 bridgehead atoms. The van der Waals surface area contributed by atoms with Gasteiger partial charge in [0.15, 0.2) is 5.96 Å². The lowest BCUT2D eigenvalue weighted by atomic mass is 9.86. The molecule has 0 aliphatic heterocycles. The van der Waals surface area contributed by atoms with Crippen molar-refractivity contribution in [3.8, 4) is 0 Å². The first-order chi connectivity index (χ1) is 11.9. The Bertz CT molecular complexity index is 668. The molecule has 1 aromatic heterocycles. The van der Waals surface area contributed by atoms with Crippen molar-refractivity contribution in [1.82, 2.24) is 19.9 Å². The maximum Gasteiger partial charge on any atom is 0.213 e. The summed E-state index contributed by atoms with van der Waals surface area (Å²) in [5.74, 6) is 1.23. The molecule has 1 aliphatic carbocycles. The SMILES string of the molecule is CCNC(=NCCS(=O)(=O)NCC1CCC1)N(C)Cc1csc(C)n1. The van der Waals surface area contributed by atoms with Gasteiger partial charge in [-0.05, 0) is 32.6 Å². The molecule has 0 unspecified atom stereocenters. The van der Waals surface area contributed by atoms with Crippen molar-refractivity contribution in [2.24, 2.45) is 10.9 Å². The molecule has 25 heavy (non-hydrogen) atoms. The molecule has 0 spiro atoms. The van der Waals surface area contributed by atoms with Crippen molar-refractivity contribution in [3.63, 3.8) is 0 Å². The molecule has 1 fully saturated rings. The molecule has 1 saturated carbocycles. The Morgan fingerprint density at radius 3 is 2.80 bits per heavy atom. The average Bonchev–Trinajstić information content (AvgIpc) is 2.89. The Balaban J connectivity index is 1.84. The van der Waals surface area contributed by atoms with Crippen molar-refractivity contribution < 1.29 is 8.42 Å². The number of guanidine groups is 1. The summed E-state index contributed by atoms with van der Waals surface area (Å²) in [5, 5.41) is 6.27. The number of thiazole rings is 1. The van der Waals surface area contributed by atoms with Gasteiger partial charge in [-0.15, -0.1) is 11.3 Å². The van der Waals surface area contributed by atoms with Crippen LogP contribution >= 0.6 is 11.3 Å². The number of nitrogens with one attached hydrogen (secondary N) is 2. The first-order valence-electron chi connectivity index (χ1n) is 8.77. The van der Waals surface area contributed by atoms with Crippen LogP contribution in [0.5, 0.6) is 0 Å². The molecule has 0 aromatic carbocycles. The van der Waals surface area contributed by atoms with E-state index in [-0.39, 0.29) is 12.3 Å². The van der Waals surface area contributed by atoms with Crippen LogP contribution in [0.3, 0.4) is 0 Å². The van der Waals surface area contributed by atoms with Crippen LogP contribution in [0.2, 0.25) is 0 Å². The third-order valence-electron chi connectivity index (χ3n) is 4.20. The molecule has 1 aliphatic rings. The van der Waals surface area contributed by atoms with Crippen LogP contribution in [-0.2, 0) is 16.6 Å². The van der Waals surface area contributed by atoms with Crippen molar-refractivity contribution in [1.29, 1.82) is 0 Å². The number of hydrogen-bond donors (Lipinski definition) is 2. The van der Waals surface area contributed by atoms with Gasteiger partial charge in [0.05, 0.1) is 29.5 Å². The van der Waals surface area contributed by atoms with Gasteiger partial charge in [0, 0.05) is 25.5 Å². The van der Waals surface area contributed by atoms with Crippen LogP contribution in [0.1, 0.15) is 36.9 Å². The fourth-order valence-electron chi connectivity index (χ4n) is 2.55. The van der Waals surface area contributed by atoms with E-state index in [0.29, 0.717) is 25.0 Å². The second-order valence-corrected chi connectivity index (χ2v) is 9.40. The highest BCUT2D eigenvalue weighted by atomic mass is 32.2. The minimum atomic E-state index is -3.26. The van der Waals surface area contributed by atoms with E-state index in [9.17, 15) is 8.42 Å². The summed E-state index contributed by atoms with van der Waals surface area (Å²) in [6.07, 6.45) is 3.48. The lowest BCUT2D eigenvalue weighted by Gasteiger charge is -2.25. The zero-order valence-corrected chi connectivity index (χ0v) is 16.9. The van der Waals surface area contributed by atoms with E-state index < -0.39 is 10.0 Å². The zero-order chi connectivity index (χ0) is 18.3. The molecule has 0 atom stereocenters. The smallest absolute Gasteiger partial charge is 0.213 e. The van der Waals surface area contributed by atoms with Crippen molar-refractivity contribution in [3.05, 3.63) is 16.1 Å². The van der Waals surface area contributed by atoms with Crippen molar-refractivity contribution >= 4 is 27.3 Å². The Kier molecular flexibility index (Phi) is 7.64. The van der Waals surface area contributed by atoms with Gasteiger partial charge in [-0.25, -0.2) is 18.1 Å². The average molecular weight is 388 g/mol. The molecule has 1 heterocycles. The molecule has 2 N–H and O–H groups in total. The van der Waals surface area contributed by atoms with Crippen LogP contribution < -0.4 is 10.0 Å². The number of nitrogens with zero attached hydrogens (tertiary/aromatic N) is 3. The molecule has 9 heteroatoms. The summed E-state index contributed by atoms with van der Waals surface area (Å²) in [6.45, 7) is 6.15. The predicted molar refractivity (Wildman–Crippen MR) is 103 cm³/mol. The van der Waals surface area contributed by atoms with E-state index in [1.54, 1.807) is 11.3 Å². The Labute approximate surface area is 155 Å². The number of hydrogen-bond acceptors (Lipinski definition) is 5. The zero-order valence-electron chi connectivity index (χ0n) is 15.3. The summed E-state index contributed by atoms with van der Waals surface area (Å²) in [4.78, 5) is 10.9. The number of aromatic nitrogens is 1. The molecular weight excluding hydrogens is 358 g/mol. The van der Waals surface area contributed by atoms with E-state index in [0.717, 1.165) is 30.1 Å². The highest BCUT2D eigenvalue weighted by Gasteiger charge is 2.20. The fraction of sp³-hybridized carbons (Fsp3) is 0.750. The van der Waals surface area contributed by atoms with Crippen LogP contribution in [0.25, 0.3) is 0 Å².